The normalized spacial score (nSPS) is 26.8. The molecule has 0 spiro atoms. The van der Waals surface area contributed by atoms with Crippen LogP contribution in [0.3, 0.4) is 0 Å². The molecule has 0 unspecified atom stereocenters. The van der Waals surface area contributed by atoms with Gasteiger partial charge in [-0.25, -0.2) is 9.86 Å². The first kappa shape index (κ1) is 34.2. The summed E-state index contributed by atoms with van der Waals surface area (Å²) in [6, 6.07) is 10.6. The van der Waals surface area contributed by atoms with Gasteiger partial charge in [-0.05, 0) is 91.3 Å². The lowest BCUT2D eigenvalue weighted by molar-refractivity contribution is -0.148. The van der Waals surface area contributed by atoms with Crippen LogP contribution in [-0.2, 0) is 43.2 Å². The van der Waals surface area contributed by atoms with Gasteiger partial charge in [-0.15, -0.1) is 0 Å². The average Bonchev–Trinajstić information content (AvgIpc) is 3.02. The molecular weight excluding hydrogens is 632 g/mol. The number of methoxy groups -OCH3 is 1. The first-order valence-electron chi connectivity index (χ1n) is 15.7. The monoisotopic (exact) mass is 674 g/mol. The number of carbonyl (C=O) groups is 2. The van der Waals surface area contributed by atoms with Gasteiger partial charge in [0.1, 0.15) is 12.4 Å². The highest BCUT2D eigenvalue weighted by Gasteiger charge is 2.44. The van der Waals surface area contributed by atoms with Gasteiger partial charge in [0.25, 0.3) is 16.1 Å². The quantitative estimate of drug-likeness (QED) is 0.419. The fraction of sp³-hybridized carbons (Fsp3) is 0.515. The summed E-state index contributed by atoms with van der Waals surface area (Å²) in [5.41, 5.74) is 0.279. The SMILES string of the molecule is CO[C@H]1/C=C/CCN(C)C(=O)C[C@](O)(C(=O)NS(N)(=O)=O)c2ccc3c(c2)N(CCCCc2cc(Cl)ccc2CO3)C[C@@H]2CC[C@H]21. The van der Waals surface area contributed by atoms with Crippen LogP contribution in [0.15, 0.2) is 48.6 Å². The Bertz CT molecular complexity index is 1590. The zero-order valence-corrected chi connectivity index (χ0v) is 27.9. The topological polar surface area (TPSA) is 152 Å². The number of aryl methyl sites for hydroxylation is 1. The summed E-state index contributed by atoms with van der Waals surface area (Å²) in [4.78, 5) is 30.4. The standard InChI is InChI=1S/C33H43ClN4O7S/c1-37-15-5-4-8-29(44-2)27-13-10-23(27)20-38-16-6-3-7-22-17-26(34)12-9-24(22)21-45-30-14-11-25(18-28(30)38)33(41,19-31(37)39)32(40)36-46(35,42)43/h4,8-9,11-12,14,17-18,23,27,29,41H,3,5-7,10,13,15-16,19-21H2,1-2H3,(H,36,40)(H2,35,42,43)/b8-4+/t23-,27+,29-,33+/m0/s1. The maximum Gasteiger partial charge on any atom is 0.298 e. The molecule has 1 fully saturated rings. The van der Waals surface area contributed by atoms with Crippen molar-refractivity contribution in [2.75, 3.05) is 38.7 Å². The number of nitrogens with zero attached hydrogens (tertiary/aromatic N) is 2. The van der Waals surface area contributed by atoms with Crippen molar-refractivity contribution in [3.8, 4) is 5.75 Å². The number of rotatable bonds is 3. The van der Waals surface area contributed by atoms with E-state index < -0.39 is 34.0 Å². The molecule has 3 aliphatic rings. The van der Waals surface area contributed by atoms with E-state index in [1.165, 1.54) is 11.0 Å². The van der Waals surface area contributed by atoms with Gasteiger partial charge in [0.2, 0.25) is 5.91 Å². The third-order valence-corrected chi connectivity index (χ3v) is 10.2. The maximum atomic E-state index is 13.4. The van der Waals surface area contributed by atoms with E-state index in [2.05, 4.69) is 11.0 Å². The van der Waals surface area contributed by atoms with Crippen LogP contribution in [0, 0.1) is 11.8 Å². The number of nitrogens with two attached hydrogens (primary N) is 1. The lowest BCUT2D eigenvalue weighted by Crippen LogP contribution is -2.51. The molecule has 0 aromatic heterocycles. The number of anilines is 1. The largest absolute Gasteiger partial charge is 0.487 e. The Morgan fingerprint density at radius 2 is 1.96 bits per heavy atom. The minimum absolute atomic E-state index is 0.0525. The molecular formula is C33H43ClN4O7S. The molecule has 250 valence electrons. The van der Waals surface area contributed by atoms with Gasteiger partial charge in [-0.1, -0.05) is 35.9 Å². The van der Waals surface area contributed by atoms with Crippen LogP contribution in [0.1, 0.15) is 55.2 Å². The second-order valence-corrected chi connectivity index (χ2v) is 14.3. The van der Waals surface area contributed by atoms with Crippen LogP contribution in [0.2, 0.25) is 5.02 Å². The van der Waals surface area contributed by atoms with Crippen molar-refractivity contribution in [3.05, 3.63) is 70.3 Å². The molecule has 2 bridgehead atoms. The zero-order chi connectivity index (χ0) is 33.1. The summed E-state index contributed by atoms with van der Waals surface area (Å²) in [6.07, 6.45) is 8.44. The summed E-state index contributed by atoms with van der Waals surface area (Å²) in [7, 11) is -1.24. The van der Waals surface area contributed by atoms with E-state index >= 15 is 0 Å². The van der Waals surface area contributed by atoms with E-state index in [9.17, 15) is 23.1 Å². The Balaban J connectivity index is 1.62. The Kier molecular flexibility index (Phi) is 10.6. The molecule has 11 nitrogen and oxygen atoms in total. The van der Waals surface area contributed by atoms with Gasteiger partial charge in [-0.2, -0.15) is 8.42 Å². The number of fused-ring (bicyclic) bond motifs is 3. The van der Waals surface area contributed by atoms with Crippen molar-refractivity contribution in [2.45, 2.75) is 63.3 Å². The van der Waals surface area contributed by atoms with E-state index in [4.69, 9.17) is 26.2 Å². The van der Waals surface area contributed by atoms with Crippen molar-refractivity contribution in [1.82, 2.24) is 9.62 Å². The minimum Gasteiger partial charge on any atom is -0.487 e. The van der Waals surface area contributed by atoms with Crippen LogP contribution in [0.5, 0.6) is 5.75 Å². The van der Waals surface area contributed by atoms with Gasteiger partial charge in [0.15, 0.2) is 5.60 Å². The molecule has 2 aromatic carbocycles. The summed E-state index contributed by atoms with van der Waals surface area (Å²) in [6.45, 7) is 1.94. The number of aliphatic hydroxyl groups is 1. The van der Waals surface area contributed by atoms with Gasteiger partial charge >= 0.3 is 0 Å². The van der Waals surface area contributed by atoms with E-state index in [0.29, 0.717) is 54.4 Å². The van der Waals surface area contributed by atoms with E-state index in [1.807, 2.05) is 24.3 Å². The van der Waals surface area contributed by atoms with Crippen molar-refractivity contribution in [1.29, 1.82) is 0 Å². The average molecular weight is 675 g/mol. The minimum atomic E-state index is -4.54. The second kappa shape index (κ2) is 14.3. The van der Waals surface area contributed by atoms with Crippen LogP contribution in [0.25, 0.3) is 0 Å². The second-order valence-electron chi connectivity index (χ2n) is 12.5. The summed E-state index contributed by atoms with van der Waals surface area (Å²) < 4.78 is 37.8. The van der Waals surface area contributed by atoms with E-state index in [0.717, 1.165) is 43.2 Å². The number of ether oxygens (including phenoxy) is 2. The van der Waals surface area contributed by atoms with Crippen molar-refractivity contribution < 1.29 is 32.6 Å². The van der Waals surface area contributed by atoms with Crippen molar-refractivity contribution in [3.63, 3.8) is 0 Å². The summed E-state index contributed by atoms with van der Waals surface area (Å²) in [5.74, 6) is -0.717. The lowest BCUT2D eigenvalue weighted by atomic mass is 9.70. The smallest absolute Gasteiger partial charge is 0.298 e. The molecule has 2 aliphatic heterocycles. The highest BCUT2D eigenvalue weighted by atomic mass is 35.5. The number of benzene rings is 2. The highest BCUT2D eigenvalue weighted by molar-refractivity contribution is 7.87. The third-order valence-electron chi connectivity index (χ3n) is 9.48. The molecule has 2 heterocycles. The Hall–Kier alpha value is -3.16. The first-order chi connectivity index (χ1) is 21.9. The van der Waals surface area contributed by atoms with Crippen molar-refractivity contribution in [2.24, 2.45) is 17.0 Å². The first-order valence-corrected chi connectivity index (χ1v) is 17.6. The highest BCUT2D eigenvalue weighted by Crippen LogP contribution is 2.42. The van der Waals surface area contributed by atoms with Crippen LogP contribution in [0.4, 0.5) is 5.69 Å². The van der Waals surface area contributed by atoms with Gasteiger partial charge in [-0.3, -0.25) is 9.59 Å². The molecule has 2 aromatic rings. The van der Waals surface area contributed by atoms with Crippen LogP contribution in [-0.4, -0.2) is 70.1 Å². The Morgan fingerprint density at radius 1 is 1.15 bits per heavy atom. The molecule has 4 atom stereocenters. The van der Waals surface area contributed by atoms with Crippen LogP contribution < -0.4 is 19.5 Å². The third kappa shape index (κ3) is 7.86. The van der Waals surface area contributed by atoms with Gasteiger partial charge in [0.05, 0.1) is 18.2 Å². The fourth-order valence-electron chi connectivity index (χ4n) is 6.63. The molecule has 0 radical (unpaired) electrons. The maximum absolute atomic E-state index is 13.4. The van der Waals surface area contributed by atoms with Gasteiger partial charge < -0.3 is 24.4 Å². The number of nitrogens with one attached hydrogen (secondary N) is 1. The zero-order valence-electron chi connectivity index (χ0n) is 26.3. The summed E-state index contributed by atoms with van der Waals surface area (Å²) >= 11 is 6.33. The Morgan fingerprint density at radius 3 is 2.67 bits per heavy atom. The molecule has 4 N–H and O–H groups in total. The number of amides is 2. The van der Waals surface area contributed by atoms with Crippen LogP contribution >= 0.6 is 11.6 Å². The predicted molar refractivity (Wildman–Crippen MR) is 176 cm³/mol. The van der Waals surface area contributed by atoms with Gasteiger partial charge in [0, 0.05) is 38.8 Å². The van der Waals surface area contributed by atoms with E-state index in [-0.39, 0.29) is 18.3 Å². The predicted octanol–water partition coefficient (Wildman–Crippen LogP) is 3.42. The molecule has 13 heteroatoms. The number of hydrogen-bond acceptors (Lipinski definition) is 8. The molecule has 0 saturated heterocycles. The number of hydrogen-bond donors (Lipinski definition) is 3. The van der Waals surface area contributed by atoms with Crippen molar-refractivity contribution >= 4 is 39.3 Å². The number of halogens is 1. The summed E-state index contributed by atoms with van der Waals surface area (Å²) in [5, 5.41) is 17.7. The lowest BCUT2D eigenvalue weighted by Gasteiger charge is -2.43. The fourth-order valence-corrected chi connectivity index (χ4v) is 7.25. The molecule has 5 rings (SSSR count). The molecule has 1 aliphatic carbocycles. The number of carbonyl (C=O) groups excluding carboxylic acids is 2. The molecule has 2 amide bonds. The molecule has 1 saturated carbocycles. The van der Waals surface area contributed by atoms with E-state index in [1.54, 1.807) is 31.0 Å². The molecule has 46 heavy (non-hydrogen) atoms. The Labute approximate surface area is 275 Å².